The highest BCUT2D eigenvalue weighted by Crippen LogP contribution is 2.47. The molecule has 2 N–H and O–H groups in total. The Balaban J connectivity index is 1.02. The predicted octanol–water partition coefficient (Wildman–Crippen LogP) is 7.25. The molecule has 2 bridgehead atoms. The number of fused-ring (bicyclic) bond motifs is 3. The molecule has 9 nitrogen and oxygen atoms in total. The van der Waals surface area contributed by atoms with Gasteiger partial charge in [0, 0.05) is 47.3 Å². The fraction of sp³-hybridized carbons (Fsp3) is 0.455. The number of carbonyl (C=O) groups is 2. The molecular weight excluding hydrogens is 652 g/mol. The molecule has 2 saturated heterocycles. The van der Waals surface area contributed by atoms with Crippen LogP contribution in [0.3, 0.4) is 0 Å². The number of nitrogens with one attached hydrogen (secondary N) is 2. The van der Waals surface area contributed by atoms with E-state index in [1.54, 1.807) is 26.8 Å². The molecule has 4 aromatic rings. The van der Waals surface area contributed by atoms with E-state index in [1.165, 1.54) is 11.3 Å². The Hall–Kier alpha value is -3.25. The van der Waals surface area contributed by atoms with Crippen molar-refractivity contribution in [2.24, 2.45) is 0 Å². The lowest BCUT2D eigenvalue weighted by atomic mass is 9.77. The molecule has 2 aromatic heterocycles. The van der Waals surface area contributed by atoms with Gasteiger partial charge in [-0.25, -0.2) is 9.37 Å². The quantitative estimate of drug-likeness (QED) is 0.177. The fourth-order valence-electron chi connectivity index (χ4n) is 6.53. The molecule has 242 valence electrons. The van der Waals surface area contributed by atoms with E-state index in [4.69, 9.17) is 32.5 Å². The Kier molecular flexibility index (Phi) is 8.24. The number of aromatic nitrogens is 2. The van der Waals surface area contributed by atoms with E-state index in [0.717, 1.165) is 54.6 Å². The number of amides is 1. The number of nitrogens with zero attached hydrogens (tertiary/aromatic N) is 3. The molecule has 2 saturated carbocycles. The van der Waals surface area contributed by atoms with Crippen molar-refractivity contribution in [2.45, 2.75) is 89.1 Å². The van der Waals surface area contributed by atoms with Gasteiger partial charge in [-0.3, -0.25) is 9.59 Å². The summed E-state index contributed by atoms with van der Waals surface area (Å²) in [5, 5.41) is 12.5. The number of esters is 1. The molecule has 2 aromatic carbocycles. The van der Waals surface area contributed by atoms with E-state index >= 15 is 4.39 Å². The van der Waals surface area contributed by atoms with Gasteiger partial charge in [0.15, 0.2) is 10.9 Å². The van der Waals surface area contributed by atoms with Gasteiger partial charge in [-0.2, -0.15) is 0 Å². The van der Waals surface area contributed by atoms with Crippen molar-refractivity contribution < 1.29 is 23.2 Å². The first-order valence-electron chi connectivity index (χ1n) is 15.5. The normalized spacial score (nSPS) is 20.9. The van der Waals surface area contributed by atoms with Gasteiger partial charge in [-0.1, -0.05) is 45.8 Å². The third-order valence-electron chi connectivity index (χ3n) is 8.71. The van der Waals surface area contributed by atoms with Crippen LogP contribution in [-0.2, 0) is 16.1 Å². The van der Waals surface area contributed by atoms with Crippen LogP contribution in [0.25, 0.3) is 21.5 Å². The second kappa shape index (κ2) is 12.1. The monoisotopic (exact) mass is 685 g/mol. The molecule has 2 atom stereocenters. The highest BCUT2D eigenvalue weighted by Gasteiger charge is 2.47. The van der Waals surface area contributed by atoms with Crippen LogP contribution in [0.2, 0.25) is 10.0 Å². The molecule has 46 heavy (non-hydrogen) atoms. The molecule has 4 aliphatic rings. The van der Waals surface area contributed by atoms with E-state index in [9.17, 15) is 9.59 Å². The number of hydrogen-bond acceptors (Lipinski definition) is 9. The van der Waals surface area contributed by atoms with Gasteiger partial charge >= 0.3 is 5.97 Å². The summed E-state index contributed by atoms with van der Waals surface area (Å²) in [4.78, 5) is 31.7. The highest BCUT2D eigenvalue weighted by atomic mass is 35.5. The molecule has 2 unspecified atom stereocenters. The van der Waals surface area contributed by atoms with Crippen molar-refractivity contribution in [2.75, 3.05) is 11.4 Å². The Bertz CT molecular complexity index is 1800. The van der Waals surface area contributed by atoms with Gasteiger partial charge in [0.25, 0.3) is 5.91 Å². The summed E-state index contributed by atoms with van der Waals surface area (Å²) in [6, 6.07) is 9.07. The molecule has 0 spiro atoms. The van der Waals surface area contributed by atoms with E-state index in [-0.39, 0.29) is 35.8 Å². The largest absolute Gasteiger partial charge is 0.459 e. The van der Waals surface area contributed by atoms with Crippen molar-refractivity contribution in [3.8, 4) is 11.3 Å². The van der Waals surface area contributed by atoms with Crippen molar-refractivity contribution in [3.63, 3.8) is 0 Å². The van der Waals surface area contributed by atoms with Gasteiger partial charge in [0.05, 0.1) is 14.7 Å². The maximum atomic E-state index is 15.1. The zero-order valence-corrected chi connectivity index (χ0v) is 28.0. The van der Waals surface area contributed by atoms with Gasteiger partial charge in [-0.15, -0.1) is 0 Å². The summed E-state index contributed by atoms with van der Waals surface area (Å²) in [6.45, 7) is 5.54. The number of piperidine rings is 1. The Morgan fingerprint density at radius 2 is 1.85 bits per heavy atom. The number of thiazole rings is 1. The number of carbonyl (C=O) groups excluding carboxylic acids is 2. The minimum absolute atomic E-state index is 0.133. The van der Waals surface area contributed by atoms with E-state index < -0.39 is 23.3 Å². The first-order chi connectivity index (χ1) is 21.9. The first kappa shape index (κ1) is 31.4. The Labute approximate surface area is 279 Å². The van der Waals surface area contributed by atoms with Crippen molar-refractivity contribution >= 4 is 61.8 Å². The Morgan fingerprint density at radius 1 is 1.13 bits per heavy atom. The third kappa shape index (κ3) is 6.22. The van der Waals surface area contributed by atoms with Crippen LogP contribution in [0.5, 0.6) is 0 Å². The molecule has 8 rings (SSSR count). The highest BCUT2D eigenvalue weighted by molar-refractivity contribution is 7.22. The molecule has 2 aliphatic heterocycles. The van der Waals surface area contributed by atoms with Crippen LogP contribution < -0.4 is 15.5 Å². The van der Waals surface area contributed by atoms with E-state index in [1.807, 2.05) is 18.2 Å². The van der Waals surface area contributed by atoms with Crippen LogP contribution in [0.15, 0.2) is 34.9 Å². The summed E-state index contributed by atoms with van der Waals surface area (Å²) in [5.74, 6) is -0.382. The summed E-state index contributed by atoms with van der Waals surface area (Å²) < 4.78 is 26.8. The zero-order valence-electron chi connectivity index (χ0n) is 25.7. The van der Waals surface area contributed by atoms with Gasteiger partial charge in [0.2, 0.25) is 0 Å². The van der Waals surface area contributed by atoms with Crippen LogP contribution in [0, 0.1) is 5.82 Å². The Morgan fingerprint density at radius 3 is 2.52 bits per heavy atom. The number of benzene rings is 2. The SMILES string of the molecule is CC(C)(C)OC(=O)CNC(=O)c1cc(F)c2nc(N3C4CC(NCc5c(-c6c(Cl)cccc6Cl)noc5C5CC5)CC3C4)sc2c1. The van der Waals surface area contributed by atoms with Crippen molar-refractivity contribution in [1.29, 1.82) is 0 Å². The maximum absolute atomic E-state index is 15.1. The molecule has 13 heteroatoms. The molecule has 0 radical (unpaired) electrons. The van der Waals surface area contributed by atoms with Gasteiger partial charge < -0.3 is 24.8 Å². The maximum Gasteiger partial charge on any atom is 0.325 e. The predicted molar refractivity (Wildman–Crippen MR) is 176 cm³/mol. The molecule has 1 amide bonds. The summed E-state index contributed by atoms with van der Waals surface area (Å²) >= 11 is 14.5. The van der Waals surface area contributed by atoms with Crippen molar-refractivity contribution in [3.05, 3.63) is 63.1 Å². The lowest BCUT2D eigenvalue weighted by molar-refractivity contribution is -0.153. The third-order valence-corrected chi connectivity index (χ3v) is 10.4. The van der Waals surface area contributed by atoms with E-state index in [2.05, 4.69) is 25.7 Å². The van der Waals surface area contributed by atoms with Crippen LogP contribution in [0.4, 0.5) is 9.52 Å². The molecule has 4 heterocycles. The molecule has 2 aliphatic carbocycles. The van der Waals surface area contributed by atoms with E-state index in [0.29, 0.717) is 38.5 Å². The summed E-state index contributed by atoms with van der Waals surface area (Å²) in [7, 11) is 0. The lowest BCUT2D eigenvalue weighted by Gasteiger charge is -2.55. The van der Waals surface area contributed by atoms with Crippen molar-refractivity contribution in [1.82, 2.24) is 20.8 Å². The number of halogens is 3. The number of ether oxygens (including phenoxy) is 1. The molecule has 4 fully saturated rings. The number of hydrogen-bond donors (Lipinski definition) is 2. The first-order valence-corrected chi connectivity index (χ1v) is 17.1. The average molecular weight is 687 g/mol. The second-order valence-corrected chi connectivity index (χ2v) is 15.1. The smallest absolute Gasteiger partial charge is 0.325 e. The summed E-state index contributed by atoms with van der Waals surface area (Å²) in [6.07, 6.45) is 5.05. The van der Waals surface area contributed by atoms with Gasteiger partial charge in [-0.05, 0) is 77.1 Å². The van der Waals surface area contributed by atoms with Crippen LogP contribution in [0.1, 0.15) is 80.5 Å². The van der Waals surface area contributed by atoms with Crippen LogP contribution in [-0.4, -0.2) is 52.3 Å². The standard InChI is InChI=1S/C33H34Cl2FN5O4S/c1-33(2,3)44-26(42)15-38-31(43)17-9-24(36)29-25(10-17)46-32(39-29)41-19-11-18(12-20(41)13-19)37-14-21-28(40-45-30(21)16-7-8-16)27-22(34)5-4-6-23(27)35/h4-6,9-10,16,18-20,37H,7-8,11-15H2,1-3H3,(H,38,43). The summed E-state index contributed by atoms with van der Waals surface area (Å²) in [5.41, 5.74) is 2.12. The van der Waals surface area contributed by atoms with Gasteiger partial charge in [0.1, 0.15) is 29.1 Å². The topological polar surface area (TPSA) is 110 Å². The lowest BCUT2D eigenvalue weighted by Crippen LogP contribution is -2.64. The van der Waals surface area contributed by atoms with Crippen LogP contribution >= 0.6 is 34.5 Å². The minimum atomic E-state index is -0.663. The number of anilines is 1. The zero-order chi connectivity index (χ0) is 32.3. The number of rotatable bonds is 9. The molecular formula is C33H34Cl2FN5O4S. The average Bonchev–Trinajstić information content (AvgIpc) is 3.61. The minimum Gasteiger partial charge on any atom is -0.459 e. The fourth-order valence-corrected chi connectivity index (χ4v) is 8.27. The second-order valence-electron chi connectivity index (χ2n) is 13.3.